The second-order valence-electron chi connectivity index (χ2n) is 11.3. The minimum absolute atomic E-state index is 0.166. The number of aromatic nitrogens is 1. The molecule has 46 heavy (non-hydrogen) atoms. The number of benzene rings is 3. The Morgan fingerprint density at radius 3 is 2.37 bits per heavy atom. The van der Waals surface area contributed by atoms with Crippen molar-refractivity contribution in [1.29, 1.82) is 0 Å². The molecule has 12 heteroatoms. The average molecular weight is 638 g/mol. The van der Waals surface area contributed by atoms with E-state index >= 15 is 0 Å². The van der Waals surface area contributed by atoms with Crippen LogP contribution in [0.15, 0.2) is 66.9 Å². The number of methoxy groups -OCH3 is 2. The Bertz CT molecular complexity index is 1760. The normalized spacial score (nSPS) is 15.7. The summed E-state index contributed by atoms with van der Waals surface area (Å²) in [5.74, 6) is 0.385. The summed E-state index contributed by atoms with van der Waals surface area (Å²) in [7, 11) is 2.96. The summed E-state index contributed by atoms with van der Waals surface area (Å²) in [6.07, 6.45) is -3.36. The predicted molar refractivity (Wildman–Crippen MR) is 165 cm³/mol. The SMILES string of the molecule is [C-]#[N+]c1ccc2c(C(O)(CN3CCC(Oc4ccc(CC(=O)O)cc4OC)CC3)C(F)(F)F)cn(Cc3ccccc3OC)c2c1. The number of nitrogens with zero attached hydrogens (tertiary/aromatic N) is 3. The second kappa shape index (κ2) is 13.3. The van der Waals surface area contributed by atoms with E-state index in [1.165, 1.54) is 38.6 Å². The van der Waals surface area contributed by atoms with Crippen LogP contribution in [-0.4, -0.2) is 71.8 Å². The standard InChI is InChI=1S/C34H34F3N3O6/c1-38-24-9-10-26-27(20-40(28(26)18-24)19-23-6-4-5-7-29(23)44-2)33(43,34(35,36)37)21-39-14-12-25(13-15-39)46-30-11-8-22(17-32(41)42)16-31(30)45-3/h4-11,16,18,20,25,43H,12-15,17,19,21H2,2-3H3,(H,41,42). The number of alkyl halides is 3. The van der Waals surface area contributed by atoms with Crippen molar-refractivity contribution in [1.82, 2.24) is 9.47 Å². The number of aliphatic carboxylic acids is 1. The van der Waals surface area contributed by atoms with Crippen LogP contribution in [0.2, 0.25) is 0 Å². The molecule has 1 aliphatic heterocycles. The molecule has 5 rings (SSSR count). The number of carboxylic acids is 1. The summed E-state index contributed by atoms with van der Waals surface area (Å²) in [5, 5.41) is 20.8. The second-order valence-corrected chi connectivity index (χ2v) is 11.3. The largest absolute Gasteiger partial charge is 0.496 e. The lowest BCUT2D eigenvalue weighted by Crippen LogP contribution is -2.53. The van der Waals surface area contributed by atoms with Gasteiger partial charge in [-0.25, -0.2) is 4.85 Å². The Morgan fingerprint density at radius 2 is 1.72 bits per heavy atom. The first kappa shape index (κ1) is 32.7. The van der Waals surface area contributed by atoms with Gasteiger partial charge in [0.15, 0.2) is 17.2 Å². The molecule has 0 aliphatic carbocycles. The lowest BCUT2D eigenvalue weighted by atomic mass is 9.91. The van der Waals surface area contributed by atoms with Gasteiger partial charge in [-0.1, -0.05) is 36.4 Å². The lowest BCUT2D eigenvalue weighted by molar-refractivity contribution is -0.272. The summed E-state index contributed by atoms with van der Waals surface area (Å²) >= 11 is 0. The number of ether oxygens (including phenoxy) is 3. The van der Waals surface area contributed by atoms with Gasteiger partial charge in [-0.3, -0.25) is 9.69 Å². The molecule has 1 fully saturated rings. The van der Waals surface area contributed by atoms with Crippen molar-refractivity contribution in [3.63, 3.8) is 0 Å². The van der Waals surface area contributed by atoms with E-state index in [-0.39, 0.29) is 48.8 Å². The van der Waals surface area contributed by atoms with Crippen LogP contribution in [0.25, 0.3) is 15.7 Å². The first-order chi connectivity index (χ1) is 21.9. The molecular weight excluding hydrogens is 603 g/mol. The molecule has 4 aromatic rings. The fourth-order valence-electron chi connectivity index (χ4n) is 5.94. The van der Waals surface area contributed by atoms with Crippen LogP contribution < -0.4 is 14.2 Å². The van der Waals surface area contributed by atoms with Crippen molar-refractivity contribution in [2.75, 3.05) is 33.9 Å². The molecule has 242 valence electrons. The Morgan fingerprint density at radius 1 is 1.00 bits per heavy atom. The number of β-amino-alcohol motifs (C(OH)–C–C–N with tert-alkyl or cyclic N) is 1. The minimum atomic E-state index is -5.01. The number of likely N-dealkylation sites (tertiary alicyclic amines) is 1. The lowest BCUT2D eigenvalue weighted by Gasteiger charge is -2.39. The molecule has 0 saturated carbocycles. The van der Waals surface area contributed by atoms with E-state index in [9.17, 15) is 23.1 Å². The maximum atomic E-state index is 14.9. The average Bonchev–Trinajstić information content (AvgIpc) is 3.39. The number of rotatable bonds is 11. The number of carbonyl (C=O) groups is 1. The summed E-state index contributed by atoms with van der Waals surface area (Å²) in [4.78, 5) is 16.1. The van der Waals surface area contributed by atoms with Gasteiger partial charge < -0.3 is 29.0 Å². The van der Waals surface area contributed by atoms with Crippen LogP contribution >= 0.6 is 0 Å². The molecule has 3 aromatic carbocycles. The van der Waals surface area contributed by atoms with Gasteiger partial charge in [0.05, 0.1) is 33.8 Å². The zero-order valence-electron chi connectivity index (χ0n) is 25.4. The van der Waals surface area contributed by atoms with E-state index in [2.05, 4.69) is 4.85 Å². The predicted octanol–water partition coefficient (Wildman–Crippen LogP) is 6.18. The monoisotopic (exact) mass is 637 g/mol. The fraction of sp³-hybridized carbons (Fsp3) is 0.353. The summed E-state index contributed by atoms with van der Waals surface area (Å²) in [6.45, 7) is 7.40. The van der Waals surface area contributed by atoms with Gasteiger partial charge in [-0.15, -0.1) is 0 Å². The first-order valence-electron chi connectivity index (χ1n) is 14.6. The van der Waals surface area contributed by atoms with Gasteiger partial charge in [-0.2, -0.15) is 13.2 Å². The van der Waals surface area contributed by atoms with E-state index in [1.54, 1.807) is 45.9 Å². The first-order valence-corrected chi connectivity index (χ1v) is 14.6. The highest BCUT2D eigenvalue weighted by Gasteiger charge is 2.57. The van der Waals surface area contributed by atoms with Gasteiger partial charge >= 0.3 is 12.1 Å². The zero-order chi connectivity index (χ0) is 33.1. The molecule has 0 spiro atoms. The van der Waals surface area contributed by atoms with Crippen molar-refractivity contribution in [2.45, 2.75) is 43.7 Å². The Labute approximate surface area is 264 Å². The van der Waals surface area contributed by atoms with E-state index < -0.39 is 24.3 Å². The van der Waals surface area contributed by atoms with Crippen LogP contribution in [-0.2, 0) is 23.4 Å². The van der Waals surface area contributed by atoms with Crippen molar-refractivity contribution in [3.8, 4) is 17.2 Å². The molecule has 1 aromatic heterocycles. The van der Waals surface area contributed by atoms with E-state index in [0.717, 1.165) is 5.56 Å². The van der Waals surface area contributed by atoms with Gasteiger partial charge in [0, 0.05) is 47.9 Å². The molecule has 2 heterocycles. The van der Waals surface area contributed by atoms with Crippen molar-refractivity contribution in [2.24, 2.45) is 0 Å². The van der Waals surface area contributed by atoms with Crippen molar-refractivity contribution in [3.05, 3.63) is 95.0 Å². The van der Waals surface area contributed by atoms with Crippen LogP contribution in [0, 0.1) is 6.57 Å². The molecular formula is C34H34F3N3O6. The maximum Gasteiger partial charge on any atom is 0.422 e. The topological polar surface area (TPSA) is 97.8 Å². The molecule has 2 N–H and O–H groups in total. The number of hydrogen-bond donors (Lipinski definition) is 2. The summed E-state index contributed by atoms with van der Waals surface area (Å²) in [6, 6.07) is 16.5. The highest BCUT2D eigenvalue weighted by Crippen LogP contribution is 2.44. The Hall–Kier alpha value is -4.73. The van der Waals surface area contributed by atoms with E-state index in [4.69, 9.17) is 25.9 Å². The van der Waals surface area contributed by atoms with Gasteiger partial charge in [0.1, 0.15) is 11.9 Å². The minimum Gasteiger partial charge on any atom is -0.496 e. The number of aliphatic hydroxyl groups is 1. The number of carboxylic acid groups (broad SMARTS) is 1. The van der Waals surface area contributed by atoms with Crippen LogP contribution in [0.4, 0.5) is 18.9 Å². The Balaban J connectivity index is 1.39. The summed E-state index contributed by atoms with van der Waals surface area (Å²) in [5.41, 5.74) is -1.55. The van der Waals surface area contributed by atoms with Gasteiger partial charge in [0.2, 0.25) is 5.60 Å². The number of halogens is 3. The molecule has 9 nitrogen and oxygen atoms in total. The van der Waals surface area contributed by atoms with Crippen molar-refractivity contribution < 1.29 is 42.4 Å². The molecule has 0 bridgehead atoms. The highest BCUT2D eigenvalue weighted by molar-refractivity contribution is 5.88. The van der Waals surface area contributed by atoms with Crippen LogP contribution in [0.5, 0.6) is 17.2 Å². The number of hydrogen-bond acceptors (Lipinski definition) is 6. The number of piperidine rings is 1. The third-order valence-electron chi connectivity index (χ3n) is 8.31. The molecule has 1 atom stereocenters. The third kappa shape index (κ3) is 6.76. The van der Waals surface area contributed by atoms with Crippen LogP contribution in [0.1, 0.15) is 29.5 Å². The molecule has 1 aliphatic rings. The van der Waals surface area contributed by atoms with E-state index in [1.807, 2.05) is 6.07 Å². The number of fused-ring (bicyclic) bond motifs is 1. The van der Waals surface area contributed by atoms with Crippen LogP contribution in [0.3, 0.4) is 0 Å². The molecule has 0 amide bonds. The summed E-state index contributed by atoms with van der Waals surface area (Å²) < 4.78 is 63.2. The quantitative estimate of drug-likeness (QED) is 0.190. The molecule has 1 saturated heterocycles. The molecule has 1 unspecified atom stereocenters. The van der Waals surface area contributed by atoms with Gasteiger partial charge in [-0.05, 0) is 42.7 Å². The van der Waals surface area contributed by atoms with E-state index in [0.29, 0.717) is 41.2 Å². The maximum absolute atomic E-state index is 14.9. The van der Waals surface area contributed by atoms with Crippen molar-refractivity contribution >= 4 is 22.6 Å². The molecule has 0 radical (unpaired) electrons. The zero-order valence-corrected chi connectivity index (χ0v) is 25.4. The number of para-hydroxylation sites is 1. The smallest absolute Gasteiger partial charge is 0.422 e. The third-order valence-corrected chi connectivity index (χ3v) is 8.31. The van der Waals surface area contributed by atoms with Gasteiger partial charge in [0.25, 0.3) is 0 Å². The fourth-order valence-corrected chi connectivity index (χ4v) is 5.94. The highest BCUT2D eigenvalue weighted by atomic mass is 19.4. The Kier molecular flexibility index (Phi) is 9.46.